The maximum absolute atomic E-state index is 12.7. The van der Waals surface area contributed by atoms with Crippen molar-refractivity contribution in [3.05, 3.63) is 23.8 Å². The summed E-state index contributed by atoms with van der Waals surface area (Å²) < 4.78 is 11.2. The van der Waals surface area contributed by atoms with E-state index in [1.807, 2.05) is 4.90 Å². The van der Waals surface area contributed by atoms with E-state index in [-0.39, 0.29) is 24.2 Å². The van der Waals surface area contributed by atoms with E-state index in [4.69, 9.17) is 9.47 Å². The van der Waals surface area contributed by atoms with Crippen LogP contribution in [0.15, 0.2) is 23.8 Å². The molecule has 0 aromatic heterocycles. The van der Waals surface area contributed by atoms with Crippen LogP contribution >= 0.6 is 0 Å². The van der Waals surface area contributed by atoms with Crippen molar-refractivity contribution < 1.29 is 14.3 Å². The van der Waals surface area contributed by atoms with E-state index in [9.17, 15) is 4.79 Å². The number of fused-ring (bicyclic) bond motifs is 1. The molecule has 1 saturated carbocycles. The zero-order valence-corrected chi connectivity index (χ0v) is 12.2. The topological polar surface area (TPSA) is 38.8 Å². The molecule has 2 fully saturated rings. The molecule has 0 aromatic rings. The fraction of sp³-hybridized carbons (Fsp3) is 0.688. The maximum Gasteiger partial charge on any atom is 0.252 e. The first kappa shape index (κ1) is 13.8. The molecule has 4 nitrogen and oxygen atoms in total. The largest absolute Gasteiger partial charge is 0.385 e. The normalized spacial score (nSPS) is 33.1. The van der Waals surface area contributed by atoms with Crippen molar-refractivity contribution in [1.82, 2.24) is 4.90 Å². The minimum Gasteiger partial charge on any atom is -0.385 e. The van der Waals surface area contributed by atoms with Crippen molar-refractivity contribution in [1.29, 1.82) is 0 Å². The average Bonchev–Trinajstić information content (AvgIpc) is 3.26. The molecule has 1 heterocycles. The highest BCUT2D eigenvalue weighted by Gasteiger charge is 2.47. The quantitative estimate of drug-likeness (QED) is 0.721. The number of nitrogens with zero attached hydrogens (tertiary/aromatic N) is 1. The number of rotatable bonds is 5. The van der Waals surface area contributed by atoms with E-state index in [2.05, 4.69) is 25.2 Å². The first-order valence-electron chi connectivity index (χ1n) is 7.52. The van der Waals surface area contributed by atoms with Crippen LogP contribution in [0.3, 0.4) is 0 Å². The van der Waals surface area contributed by atoms with Gasteiger partial charge in [-0.25, -0.2) is 0 Å². The molecule has 3 rings (SSSR count). The Morgan fingerprint density at radius 2 is 2.25 bits per heavy atom. The molecule has 3 aliphatic rings. The summed E-state index contributed by atoms with van der Waals surface area (Å²) in [7, 11) is 1.70. The summed E-state index contributed by atoms with van der Waals surface area (Å²) in [5.41, 5.74) is 1.20. The first-order chi connectivity index (χ1) is 9.70. The summed E-state index contributed by atoms with van der Waals surface area (Å²) in [5, 5.41) is 0. The van der Waals surface area contributed by atoms with Gasteiger partial charge in [-0.2, -0.15) is 0 Å². The second kappa shape index (κ2) is 5.70. The number of ether oxygens (including phenoxy) is 2. The first-order valence-corrected chi connectivity index (χ1v) is 7.52. The lowest BCUT2D eigenvalue weighted by Gasteiger charge is -2.43. The van der Waals surface area contributed by atoms with Crippen LogP contribution in [0.5, 0.6) is 0 Å². The van der Waals surface area contributed by atoms with Crippen LogP contribution in [-0.4, -0.2) is 49.3 Å². The van der Waals surface area contributed by atoms with Crippen LogP contribution in [0.1, 0.15) is 26.2 Å². The highest BCUT2D eigenvalue weighted by Crippen LogP contribution is 2.39. The van der Waals surface area contributed by atoms with Crippen molar-refractivity contribution in [2.75, 3.05) is 20.3 Å². The molecule has 0 N–H and O–H groups in total. The number of methoxy groups -OCH3 is 1. The van der Waals surface area contributed by atoms with Gasteiger partial charge in [0.1, 0.15) is 12.2 Å². The van der Waals surface area contributed by atoms with Crippen LogP contribution < -0.4 is 0 Å². The Labute approximate surface area is 120 Å². The van der Waals surface area contributed by atoms with Crippen molar-refractivity contribution in [3.63, 3.8) is 0 Å². The molecule has 0 aromatic carbocycles. The number of carbonyl (C=O) groups is 1. The minimum absolute atomic E-state index is 0.0181. The number of hydrogen-bond donors (Lipinski definition) is 0. The second-order valence-corrected chi connectivity index (χ2v) is 6.00. The number of amides is 1. The zero-order chi connectivity index (χ0) is 14.1. The smallest absolute Gasteiger partial charge is 0.252 e. The molecule has 2 aliphatic carbocycles. The Morgan fingerprint density at radius 3 is 2.95 bits per heavy atom. The van der Waals surface area contributed by atoms with Gasteiger partial charge in [0.25, 0.3) is 5.91 Å². The minimum atomic E-state index is -0.227. The number of hydrogen-bond acceptors (Lipinski definition) is 3. The maximum atomic E-state index is 12.7. The van der Waals surface area contributed by atoms with Crippen LogP contribution in [0, 0.1) is 5.92 Å². The fourth-order valence-electron chi connectivity index (χ4n) is 3.06. The van der Waals surface area contributed by atoms with Gasteiger partial charge in [-0.15, -0.1) is 0 Å². The Kier molecular flexibility index (Phi) is 3.94. The molecule has 20 heavy (non-hydrogen) atoms. The van der Waals surface area contributed by atoms with E-state index < -0.39 is 0 Å². The molecular weight excluding hydrogens is 254 g/mol. The number of morpholine rings is 1. The second-order valence-electron chi connectivity index (χ2n) is 6.00. The van der Waals surface area contributed by atoms with Crippen LogP contribution in [-0.2, 0) is 14.3 Å². The van der Waals surface area contributed by atoms with Gasteiger partial charge in [-0.3, -0.25) is 4.79 Å². The lowest BCUT2D eigenvalue weighted by Crippen LogP contribution is -2.58. The molecule has 3 unspecified atom stereocenters. The van der Waals surface area contributed by atoms with Gasteiger partial charge in [-0.05, 0) is 32.1 Å². The van der Waals surface area contributed by atoms with Gasteiger partial charge in [0.05, 0.1) is 6.04 Å². The summed E-state index contributed by atoms with van der Waals surface area (Å²) in [5.74, 6) is 0.609. The molecule has 1 saturated heterocycles. The Balaban J connectivity index is 1.77. The SMILES string of the molecule is COCCCN1C(=O)C(C2CC2)OC2C=CC(C)=CC21. The molecular formula is C16H23NO3. The summed E-state index contributed by atoms with van der Waals surface area (Å²) in [4.78, 5) is 14.7. The third-order valence-electron chi connectivity index (χ3n) is 4.31. The highest BCUT2D eigenvalue weighted by molar-refractivity contribution is 5.83. The average molecular weight is 277 g/mol. The molecule has 0 spiro atoms. The van der Waals surface area contributed by atoms with Crippen molar-refractivity contribution in [3.8, 4) is 0 Å². The van der Waals surface area contributed by atoms with E-state index in [1.54, 1.807) is 7.11 Å². The lowest BCUT2D eigenvalue weighted by molar-refractivity contribution is -0.166. The van der Waals surface area contributed by atoms with Gasteiger partial charge >= 0.3 is 0 Å². The summed E-state index contributed by atoms with van der Waals surface area (Å²) in [6.07, 6.45) is 9.26. The molecule has 0 radical (unpaired) electrons. The zero-order valence-electron chi connectivity index (χ0n) is 12.2. The summed E-state index contributed by atoms with van der Waals surface area (Å²) >= 11 is 0. The number of carbonyl (C=O) groups excluding carboxylic acids is 1. The Morgan fingerprint density at radius 1 is 1.45 bits per heavy atom. The van der Waals surface area contributed by atoms with Gasteiger partial charge in [0, 0.05) is 20.3 Å². The molecule has 110 valence electrons. The van der Waals surface area contributed by atoms with Crippen LogP contribution in [0.4, 0.5) is 0 Å². The molecule has 3 atom stereocenters. The van der Waals surface area contributed by atoms with Crippen molar-refractivity contribution >= 4 is 5.91 Å². The third-order valence-corrected chi connectivity index (χ3v) is 4.31. The summed E-state index contributed by atoms with van der Waals surface area (Å²) in [6, 6.07) is 0.0550. The van der Waals surface area contributed by atoms with E-state index in [0.29, 0.717) is 12.5 Å². The van der Waals surface area contributed by atoms with Crippen LogP contribution in [0.2, 0.25) is 0 Å². The predicted molar refractivity (Wildman–Crippen MR) is 76.3 cm³/mol. The molecule has 1 aliphatic heterocycles. The highest BCUT2D eigenvalue weighted by atomic mass is 16.5. The molecule has 1 amide bonds. The standard InChI is InChI=1S/C16H23NO3/c1-11-4-7-14-13(10-11)17(8-3-9-19-2)16(18)15(20-14)12-5-6-12/h4,7,10,12-15H,3,5-6,8-9H2,1-2H3. The third kappa shape index (κ3) is 2.67. The van der Waals surface area contributed by atoms with Crippen molar-refractivity contribution in [2.24, 2.45) is 5.92 Å². The summed E-state index contributed by atoms with van der Waals surface area (Å²) in [6.45, 7) is 3.50. The van der Waals surface area contributed by atoms with Crippen molar-refractivity contribution in [2.45, 2.75) is 44.4 Å². The predicted octanol–water partition coefficient (Wildman–Crippen LogP) is 1.91. The van der Waals surface area contributed by atoms with E-state index in [0.717, 1.165) is 25.8 Å². The monoisotopic (exact) mass is 277 g/mol. The Bertz CT molecular complexity index is 439. The fourth-order valence-corrected chi connectivity index (χ4v) is 3.06. The lowest BCUT2D eigenvalue weighted by atomic mass is 9.95. The van der Waals surface area contributed by atoms with Gasteiger partial charge in [-0.1, -0.05) is 23.8 Å². The van der Waals surface area contributed by atoms with E-state index >= 15 is 0 Å². The van der Waals surface area contributed by atoms with Gasteiger partial charge < -0.3 is 14.4 Å². The molecule has 0 bridgehead atoms. The van der Waals surface area contributed by atoms with Crippen LogP contribution in [0.25, 0.3) is 0 Å². The van der Waals surface area contributed by atoms with Gasteiger partial charge in [0.15, 0.2) is 0 Å². The molecule has 4 heteroatoms. The van der Waals surface area contributed by atoms with Gasteiger partial charge in [0.2, 0.25) is 0 Å². The number of allylic oxidation sites excluding steroid dienone is 2. The Hall–Kier alpha value is -1.13. The van der Waals surface area contributed by atoms with E-state index in [1.165, 1.54) is 5.57 Å².